The van der Waals surface area contributed by atoms with Crippen LogP contribution < -0.4 is 5.32 Å². The lowest BCUT2D eigenvalue weighted by molar-refractivity contribution is -0.113. The number of carbonyl (C=O) groups is 1. The van der Waals surface area contributed by atoms with Gasteiger partial charge in [-0.15, -0.1) is 11.3 Å². The molecular weight excluding hydrogens is 423 g/mol. The Labute approximate surface area is 161 Å². The van der Waals surface area contributed by atoms with Gasteiger partial charge in [0, 0.05) is 21.1 Å². The average molecular weight is 437 g/mol. The molecule has 0 saturated carbocycles. The number of thioether (sulfide) groups is 1. The largest absolute Gasteiger partial charge is 0.325 e. The van der Waals surface area contributed by atoms with E-state index in [-0.39, 0.29) is 17.5 Å². The number of thiazole rings is 1. The third-order valence-electron chi connectivity index (χ3n) is 3.41. The summed E-state index contributed by atoms with van der Waals surface area (Å²) in [5, 5.41) is 4.78. The maximum Gasteiger partial charge on any atom is 0.234 e. The number of rotatable bonds is 5. The van der Waals surface area contributed by atoms with Crippen molar-refractivity contribution in [1.29, 1.82) is 0 Å². The third kappa shape index (κ3) is 4.90. The molecule has 3 nitrogen and oxygen atoms in total. The summed E-state index contributed by atoms with van der Waals surface area (Å²) < 4.78 is 15.0. The molecule has 0 bridgehead atoms. The molecular formula is C18H14BrFN2OS2. The monoisotopic (exact) mass is 436 g/mol. The number of nitrogens with one attached hydrogen (secondary N) is 1. The van der Waals surface area contributed by atoms with E-state index in [9.17, 15) is 9.18 Å². The second-order valence-corrected chi connectivity index (χ2v) is 8.30. The van der Waals surface area contributed by atoms with Crippen molar-refractivity contribution in [2.45, 2.75) is 11.3 Å². The maximum absolute atomic E-state index is 13.1. The highest BCUT2D eigenvalue weighted by molar-refractivity contribution is 9.10. The van der Waals surface area contributed by atoms with E-state index in [0.29, 0.717) is 11.3 Å². The molecule has 2 aromatic carbocycles. The second-order valence-electron chi connectivity index (χ2n) is 5.30. The van der Waals surface area contributed by atoms with Crippen LogP contribution in [0.25, 0.3) is 11.3 Å². The third-order valence-corrected chi connectivity index (χ3v) is 5.96. The zero-order chi connectivity index (χ0) is 17.8. The second kappa shape index (κ2) is 8.12. The smallest absolute Gasteiger partial charge is 0.234 e. The minimum absolute atomic E-state index is 0.139. The standard InChI is InChI=1S/C18H14BrFN2OS2/c1-11-8-14(20)6-7-15(11)21-17(23)10-25-18-22-16(9-24-18)12-2-4-13(19)5-3-12/h2-9H,10H2,1H3,(H,21,23). The molecule has 0 saturated heterocycles. The number of anilines is 1. The van der Waals surface area contributed by atoms with Crippen LogP contribution >= 0.6 is 39.0 Å². The highest BCUT2D eigenvalue weighted by atomic mass is 79.9. The van der Waals surface area contributed by atoms with Crippen LogP contribution in [0.3, 0.4) is 0 Å². The predicted molar refractivity (Wildman–Crippen MR) is 106 cm³/mol. The Morgan fingerprint density at radius 3 is 2.76 bits per heavy atom. The summed E-state index contributed by atoms with van der Waals surface area (Å²) >= 11 is 6.31. The van der Waals surface area contributed by atoms with Gasteiger partial charge < -0.3 is 5.32 Å². The van der Waals surface area contributed by atoms with Crippen molar-refractivity contribution in [3.63, 3.8) is 0 Å². The molecule has 25 heavy (non-hydrogen) atoms. The van der Waals surface area contributed by atoms with Crippen molar-refractivity contribution in [2.24, 2.45) is 0 Å². The van der Waals surface area contributed by atoms with Crippen LogP contribution in [0.2, 0.25) is 0 Å². The molecule has 0 aliphatic rings. The number of aromatic nitrogens is 1. The highest BCUT2D eigenvalue weighted by Gasteiger charge is 2.10. The molecule has 0 radical (unpaired) electrons. The Morgan fingerprint density at radius 2 is 2.04 bits per heavy atom. The van der Waals surface area contributed by atoms with E-state index in [1.54, 1.807) is 13.0 Å². The summed E-state index contributed by atoms with van der Waals surface area (Å²) in [5.74, 6) is -0.197. The fourth-order valence-electron chi connectivity index (χ4n) is 2.16. The van der Waals surface area contributed by atoms with Crippen LogP contribution in [0.4, 0.5) is 10.1 Å². The molecule has 0 spiro atoms. The molecule has 0 atom stereocenters. The van der Waals surface area contributed by atoms with Crippen LogP contribution in [-0.2, 0) is 4.79 Å². The number of amides is 1. The van der Waals surface area contributed by atoms with Crippen molar-refractivity contribution in [1.82, 2.24) is 4.98 Å². The van der Waals surface area contributed by atoms with Crippen molar-refractivity contribution >= 4 is 50.6 Å². The first-order valence-electron chi connectivity index (χ1n) is 7.41. The summed E-state index contributed by atoms with van der Waals surface area (Å²) in [4.78, 5) is 16.6. The maximum atomic E-state index is 13.1. The molecule has 1 amide bonds. The molecule has 1 aromatic heterocycles. The minimum Gasteiger partial charge on any atom is -0.325 e. The van der Waals surface area contributed by atoms with Crippen molar-refractivity contribution in [2.75, 3.05) is 11.1 Å². The van der Waals surface area contributed by atoms with Gasteiger partial charge in [0.2, 0.25) is 5.91 Å². The highest BCUT2D eigenvalue weighted by Crippen LogP contribution is 2.29. The lowest BCUT2D eigenvalue weighted by Gasteiger charge is -2.07. The number of aryl methyl sites for hydroxylation is 1. The van der Waals surface area contributed by atoms with Crippen LogP contribution in [0.15, 0.2) is 56.7 Å². The van der Waals surface area contributed by atoms with E-state index >= 15 is 0 Å². The van der Waals surface area contributed by atoms with Crippen LogP contribution in [-0.4, -0.2) is 16.6 Å². The topological polar surface area (TPSA) is 42.0 Å². The number of hydrogen-bond donors (Lipinski definition) is 1. The Bertz CT molecular complexity index is 896. The fraction of sp³-hybridized carbons (Fsp3) is 0.111. The summed E-state index contributed by atoms with van der Waals surface area (Å²) in [6.45, 7) is 1.76. The minimum atomic E-state index is -0.312. The van der Waals surface area contributed by atoms with Crippen molar-refractivity contribution < 1.29 is 9.18 Å². The summed E-state index contributed by atoms with van der Waals surface area (Å²) in [6.07, 6.45) is 0. The van der Waals surface area contributed by atoms with Gasteiger partial charge in [-0.3, -0.25) is 4.79 Å². The van der Waals surface area contributed by atoms with E-state index in [1.807, 2.05) is 29.6 Å². The number of halogens is 2. The van der Waals surface area contributed by atoms with E-state index in [1.165, 1.54) is 35.2 Å². The fourth-order valence-corrected chi connectivity index (χ4v) is 4.06. The predicted octanol–water partition coefficient (Wildman–Crippen LogP) is 5.75. The van der Waals surface area contributed by atoms with Gasteiger partial charge in [0.1, 0.15) is 5.82 Å². The molecule has 128 valence electrons. The van der Waals surface area contributed by atoms with Gasteiger partial charge in [-0.25, -0.2) is 9.37 Å². The normalized spacial score (nSPS) is 10.7. The van der Waals surface area contributed by atoms with Gasteiger partial charge in [-0.05, 0) is 42.8 Å². The molecule has 0 fully saturated rings. The molecule has 0 aliphatic carbocycles. The summed E-state index contributed by atoms with van der Waals surface area (Å²) in [5.41, 5.74) is 3.26. The summed E-state index contributed by atoms with van der Waals surface area (Å²) in [7, 11) is 0. The quantitative estimate of drug-likeness (QED) is 0.517. The van der Waals surface area contributed by atoms with Crippen LogP contribution in [0.5, 0.6) is 0 Å². The van der Waals surface area contributed by atoms with Gasteiger partial charge >= 0.3 is 0 Å². The molecule has 3 aromatic rings. The number of carbonyl (C=O) groups excluding carboxylic acids is 1. The lowest BCUT2D eigenvalue weighted by Crippen LogP contribution is -2.14. The Morgan fingerprint density at radius 1 is 1.28 bits per heavy atom. The van der Waals surface area contributed by atoms with E-state index in [4.69, 9.17) is 0 Å². The van der Waals surface area contributed by atoms with E-state index in [2.05, 4.69) is 26.2 Å². The molecule has 1 N–H and O–H groups in total. The summed E-state index contributed by atoms with van der Waals surface area (Å²) in [6, 6.07) is 12.2. The molecule has 1 heterocycles. The van der Waals surface area contributed by atoms with E-state index < -0.39 is 0 Å². The van der Waals surface area contributed by atoms with Crippen LogP contribution in [0, 0.1) is 12.7 Å². The Balaban J connectivity index is 1.58. The molecule has 0 unspecified atom stereocenters. The van der Waals surface area contributed by atoms with Crippen molar-refractivity contribution in [3.05, 3.63) is 63.7 Å². The van der Waals surface area contributed by atoms with Gasteiger partial charge in [0.05, 0.1) is 11.4 Å². The van der Waals surface area contributed by atoms with Gasteiger partial charge in [0.25, 0.3) is 0 Å². The van der Waals surface area contributed by atoms with Gasteiger partial charge in [-0.1, -0.05) is 39.8 Å². The lowest BCUT2D eigenvalue weighted by atomic mass is 10.2. The zero-order valence-electron chi connectivity index (χ0n) is 13.3. The first-order valence-corrected chi connectivity index (χ1v) is 10.1. The van der Waals surface area contributed by atoms with Crippen molar-refractivity contribution in [3.8, 4) is 11.3 Å². The van der Waals surface area contributed by atoms with Gasteiger partial charge in [-0.2, -0.15) is 0 Å². The first-order chi connectivity index (χ1) is 12.0. The van der Waals surface area contributed by atoms with E-state index in [0.717, 1.165) is 20.1 Å². The zero-order valence-corrected chi connectivity index (χ0v) is 16.5. The average Bonchev–Trinajstić information content (AvgIpc) is 3.05. The van der Waals surface area contributed by atoms with Gasteiger partial charge in [0.15, 0.2) is 4.34 Å². The number of benzene rings is 2. The Hall–Kier alpha value is -1.70. The number of nitrogens with zero attached hydrogens (tertiary/aromatic N) is 1. The molecule has 0 aliphatic heterocycles. The SMILES string of the molecule is Cc1cc(F)ccc1NC(=O)CSc1nc(-c2ccc(Br)cc2)cs1. The van der Waals surface area contributed by atoms with Crippen LogP contribution in [0.1, 0.15) is 5.56 Å². The first kappa shape index (κ1) is 18.1. The molecule has 3 rings (SSSR count). The number of hydrogen-bond acceptors (Lipinski definition) is 4. The Kier molecular flexibility index (Phi) is 5.88. The molecule has 7 heteroatoms.